The Kier molecular flexibility index (Phi) is 4.82. The molecule has 1 atom stereocenters. The molecule has 0 N–H and O–H groups in total. The molecule has 1 aliphatic rings. The van der Waals surface area contributed by atoms with Crippen molar-refractivity contribution in [2.75, 3.05) is 11.5 Å². The summed E-state index contributed by atoms with van der Waals surface area (Å²) < 4.78 is 23.6. The third kappa shape index (κ3) is 4.20. The first-order valence-electron chi connectivity index (χ1n) is 7.58. The second kappa shape index (κ2) is 6.84. The number of carbonyl (C=O) groups is 1. The maximum atomic E-state index is 12.7. The summed E-state index contributed by atoms with van der Waals surface area (Å²) in [4.78, 5) is 14.5. The van der Waals surface area contributed by atoms with Crippen LogP contribution in [-0.4, -0.2) is 36.8 Å². The van der Waals surface area contributed by atoms with Gasteiger partial charge >= 0.3 is 0 Å². The molecule has 2 heterocycles. The molecule has 0 aliphatic carbocycles. The predicted molar refractivity (Wildman–Crippen MR) is 92.1 cm³/mol. The first-order valence-corrected chi connectivity index (χ1v) is 10.3. The van der Waals surface area contributed by atoms with Crippen molar-refractivity contribution in [2.24, 2.45) is 0 Å². The molecule has 1 aliphatic heterocycles. The smallest absolute Gasteiger partial charge is 0.227 e. The van der Waals surface area contributed by atoms with E-state index in [0.717, 1.165) is 11.1 Å². The minimum absolute atomic E-state index is 0.00523. The highest BCUT2D eigenvalue weighted by atomic mass is 32.2. The van der Waals surface area contributed by atoms with E-state index in [2.05, 4.69) is 0 Å². The van der Waals surface area contributed by atoms with Gasteiger partial charge in [0.25, 0.3) is 0 Å². The van der Waals surface area contributed by atoms with Gasteiger partial charge in [-0.3, -0.25) is 4.79 Å². The van der Waals surface area contributed by atoms with Gasteiger partial charge in [-0.2, -0.15) is 11.3 Å². The topological polar surface area (TPSA) is 54.5 Å². The highest BCUT2D eigenvalue weighted by molar-refractivity contribution is 7.91. The number of nitrogens with zero attached hydrogens (tertiary/aromatic N) is 1. The molecule has 1 unspecified atom stereocenters. The van der Waals surface area contributed by atoms with Crippen LogP contribution in [0.1, 0.15) is 17.5 Å². The Balaban J connectivity index is 1.79. The minimum Gasteiger partial charge on any atom is -0.334 e. The van der Waals surface area contributed by atoms with Crippen LogP contribution in [0.5, 0.6) is 0 Å². The maximum Gasteiger partial charge on any atom is 0.227 e. The van der Waals surface area contributed by atoms with Gasteiger partial charge in [-0.15, -0.1) is 0 Å². The van der Waals surface area contributed by atoms with E-state index < -0.39 is 9.84 Å². The molecule has 1 saturated heterocycles. The van der Waals surface area contributed by atoms with Gasteiger partial charge in [-0.1, -0.05) is 30.3 Å². The summed E-state index contributed by atoms with van der Waals surface area (Å²) >= 11 is 1.56. The number of sulfone groups is 1. The molecular formula is C17H19NO3S2. The lowest BCUT2D eigenvalue weighted by Crippen LogP contribution is -2.41. The van der Waals surface area contributed by atoms with Crippen LogP contribution < -0.4 is 0 Å². The second-order valence-electron chi connectivity index (χ2n) is 5.87. The molecule has 1 aromatic carbocycles. The molecule has 4 nitrogen and oxygen atoms in total. The summed E-state index contributed by atoms with van der Waals surface area (Å²) in [5, 5.41) is 3.91. The monoisotopic (exact) mass is 349 g/mol. The molecule has 1 fully saturated rings. The molecule has 1 aromatic heterocycles. The highest BCUT2D eigenvalue weighted by Crippen LogP contribution is 2.21. The van der Waals surface area contributed by atoms with Crippen molar-refractivity contribution < 1.29 is 13.2 Å². The van der Waals surface area contributed by atoms with E-state index in [-0.39, 0.29) is 23.5 Å². The van der Waals surface area contributed by atoms with Crippen molar-refractivity contribution in [3.8, 4) is 0 Å². The molecule has 1 amide bonds. The number of rotatable bonds is 5. The molecule has 2 aromatic rings. The summed E-state index contributed by atoms with van der Waals surface area (Å²) in [5.74, 6) is 0.249. The van der Waals surface area contributed by atoms with Crippen molar-refractivity contribution in [1.29, 1.82) is 0 Å². The van der Waals surface area contributed by atoms with E-state index in [1.54, 1.807) is 16.2 Å². The first kappa shape index (κ1) is 16.2. The predicted octanol–water partition coefficient (Wildman–Crippen LogP) is 2.51. The van der Waals surface area contributed by atoms with Crippen molar-refractivity contribution in [2.45, 2.75) is 25.4 Å². The van der Waals surface area contributed by atoms with Crippen molar-refractivity contribution in [3.05, 3.63) is 58.3 Å². The maximum absolute atomic E-state index is 12.7. The second-order valence-corrected chi connectivity index (χ2v) is 8.88. The Hall–Kier alpha value is -1.66. The van der Waals surface area contributed by atoms with Crippen LogP contribution in [-0.2, 0) is 27.6 Å². The molecule has 23 heavy (non-hydrogen) atoms. The number of benzene rings is 1. The molecule has 122 valence electrons. The Morgan fingerprint density at radius 2 is 1.96 bits per heavy atom. The minimum atomic E-state index is -3.02. The van der Waals surface area contributed by atoms with Crippen LogP contribution in [0.2, 0.25) is 0 Å². The fourth-order valence-corrected chi connectivity index (χ4v) is 5.29. The van der Waals surface area contributed by atoms with Gasteiger partial charge in [-0.05, 0) is 34.4 Å². The van der Waals surface area contributed by atoms with E-state index in [1.807, 2.05) is 47.2 Å². The van der Waals surface area contributed by atoms with Crippen LogP contribution in [0.25, 0.3) is 0 Å². The molecule has 0 saturated carbocycles. The number of carbonyl (C=O) groups excluding carboxylic acids is 1. The number of thiophene rings is 1. The Bertz CT molecular complexity index is 754. The van der Waals surface area contributed by atoms with Crippen LogP contribution in [0, 0.1) is 0 Å². The normalized spacial score (nSPS) is 19.6. The largest absolute Gasteiger partial charge is 0.334 e. The van der Waals surface area contributed by atoms with E-state index in [4.69, 9.17) is 0 Å². The van der Waals surface area contributed by atoms with Crippen molar-refractivity contribution in [3.63, 3.8) is 0 Å². The molecule has 0 spiro atoms. The molecule has 0 bridgehead atoms. The number of amides is 1. The fraction of sp³-hybridized carbons (Fsp3) is 0.353. The van der Waals surface area contributed by atoms with Gasteiger partial charge in [0.1, 0.15) is 0 Å². The summed E-state index contributed by atoms with van der Waals surface area (Å²) in [7, 11) is -3.02. The average Bonchev–Trinajstić information content (AvgIpc) is 3.15. The third-order valence-corrected chi connectivity index (χ3v) is 6.58. The molecular weight excluding hydrogens is 330 g/mol. The molecule has 0 radical (unpaired) electrons. The fourth-order valence-electron chi connectivity index (χ4n) is 2.89. The van der Waals surface area contributed by atoms with Gasteiger partial charge in [0, 0.05) is 12.6 Å². The van der Waals surface area contributed by atoms with Gasteiger partial charge in [0.05, 0.1) is 17.9 Å². The number of hydrogen-bond donors (Lipinski definition) is 0. The van der Waals surface area contributed by atoms with Gasteiger partial charge in [-0.25, -0.2) is 8.42 Å². The van der Waals surface area contributed by atoms with Gasteiger partial charge < -0.3 is 4.90 Å². The number of hydrogen-bond acceptors (Lipinski definition) is 4. The van der Waals surface area contributed by atoms with E-state index in [0.29, 0.717) is 19.4 Å². The zero-order chi connectivity index (χ0) is 16.3. The van der Waals surface area contributed by atoms with Gasteiger partial charge in [0.15, 0.2) is 9.84 Å². The summed E-state index contributed by atoms with van der Waals surface area (Å²) in [6, 6.07) is 11.5. The summed E-state index contributed by atoms with van der Waals surface area (Å²) in [6.07, 6.45) is 0.859. The average molecular weight is 349 g/mol. The third-order valence-electron chi connectivity index (χ3n) is 4.10. The highest BCUT2D eigenvalue weighted by Gasteiger charge is 2.34. The van der Waals surface area contributed by atoms with E-state index in [1.165, 1.54) is 0 Å². The zero-order valence-electron chi connectivity index (χ0n) is 12.7. The lowest BCUT2D eigenvalue weighted by Gasteiger charge is -2.28. The van der Waals surface area contributed by atoms with Crippen molar-refractivity contribution in [1.82, 2.24) is 4.90 Å². The van der Waals surface area contributed by atoms with Crippen molar-refractivity contribution >= 4 is 27.1 Å². The van der Waals surface area contributed by atoms with Crippen LogP contribution >= 0.6 is 11.3 Å². The Morgan fingerprint density at radius 3 is 2.57 bits per heavy atom. The van der Waals surface area contributed by atoms with E-state index in [9.17, 15) is 13.2 Å². The molecule has 6 heteroatoms. The van der Waals surface area contributed by atoms with E-state index >= 15 is 0 Å². The van der Waals surface area contributed by atoms with Gasteiger partial charge in [0.2, 0.25) is 5.91 Å². The van der Waals surface area contributed by atoms with Crippen LogP contribution in [0.3, 0.4) is 0 Å². The lowest BCUT2D eigenvalue weighted by molar-refractivity contribution is -0.133. The van der Waals surface area contributed by atoms with Crippen LogP contribution in [0.4, 0.5) is 0 Å². The summed E-state index contributed by atoms with van der Waals surface area (Å²) in [6.45, 7) is 0.462. The lowest BCUT2D eigenvalue weighted by atomic mass is 10.1. The SMILES string of the molecule is O=C(Cc1ccsc1)N(Cc1ccccc1)C1CCS(=O)(=O)C1. The first-order chi connectivity index (χ1) is 11.0. The Morgan fingerprint density at radius 1 is 1.17 bits per heavy atom. The standard InChI is InChI=1S/C17H19NO3S2/c19-17(10-15-6-8-22-12-15)18(11-14-4-2-1-3-5-14)16-7-9-23(20,21)13-16/h1-6,8,12,16H,7,9-11,13H2. The quantitative estimate of drug-likeness (QED) is 0.833. The Labute approximate surface area is 140 Å². The summed E-state index contributed by atoms with van der Waals surface area (Å²) in [5.41, 5.74) is 2.01. The molecule has 3 rings (SSSR count). The zero-order valence-corrected chi connectivity index (χ0v) is 14.4. The van der Waals surface area contributed by atoms with Crippen LogP contribution in [0.15, 0.2) is 47.2 Å².